The van der Waals surface area contributed by atoms with E-state index in [2.05, 4.69) is 4.74 Å². The SMILES string of the molecule is COC(=O)CC[C@]1(C)CCC[C@@H](C)C1=O. The predicted octanol–water partition coefficient (Wildman–Crippen LogP) is 2.33. The normalized spacial score (nSPS) is 31.4. The van der Waals surface area contributed by atoms with Gasteiger partial charge in [-0.2, -0.15) is 0 Å². The highest BCUT2D eigenvalue weighted by molar-refractivity contribution is 5.87. The van der Waals surface area contributed by atoms with Gasteiger partial charge in [-0.05, 0) is 19.3 Å². The van der Waals surface area contributed by atoms with Crippen LogP contribution in [0.15, 0.2) is 0 Å². The molecule has 15 heavy (non-hydrogen) atoms. The molecule has 0 aromatic heterocycles. The summed E-state index contributed by atoms with van der Waals surface area (Å²) in [6.07, 6.45) is 3.97. The first-order chi connectivity index (χ1) is 6.99. The maximum Gasteiger partial charge on any atom is 0.305 e. The second-order valence-corrected chi connectivity index (χ2v) is 4.79. The molecule has 0 spiro atoms. The molecule has 1 rings (SSSR count). The summed E-state index contributed by atoms with van der Waals surface area (Å²) in [5.41, 5.74) is -0.300. The molecular weight excluding hydrogens is 192 g/mol. The van der Waals surface area contributed by atoms with Crippen molar-refractivity contribution in [2.45, 2.75) is 46.0 Å². The molecule has 0 radical (unpaired) electrons. The summed E-state index contributed by atoms with van der Waals surface area (Å²) < 4.78 is 4.60. The Labute approximate surface area is 91.2 Å². The molecule has 0 N–H and O–H groups in total. The lowest BCUT2D eigenvalue weighted by atomic mass is 9.68. The van der Waals surface area contributed by atoms with Gasteiger partial charge in [0.15, 0.2) is 0 Å². The molecule has 0 aliphatic heterocycles. The van der Waals surface area contributed by atoms with Gasteiger partial charge >= 0.3 is 5.97 Å². The molecule has 2 atom stereocenters. The van der Waals surface area contributed by atoms with Crippen molar-refractivity contribution in [2.75, 3.05) is 7.11 Å². The zero-order valence-corrected chi connectivity index (χ0v) is 9.84. The summed E-state index contributed by atoms with van der Waals surface area (Å²) in [7, 11) is 1.38. The molecule has 0 amide bonds. The van der Waals surface area contributed by atoms with E-state index in [1.54, 1.807) is 0 Å². The minimum absolute atomic E-state index is 0.154. The van der Waals surface area contributed by atoms with Crippen LogP contribution in [0.2, 0.25) is 0 Å². The van der Waals surface area contributed by atoms with Crippen LogP contribution in [0.1, 0.15) is 46.0 Å². The van der Waals surface area contributed by atoms with E-state index in [4.69, 9.17) is 0 Å². The maximum absolute atomic E-state index is 12.0. The van der Waals surface area contributed by atoms with E-state index in [9.17, 15) is 9.59 Å². The van der Waals surface area contributed by atoms with Gasteiger partial charge < -0.3 is 4.74 Å². The number of ether oxygens (including phenoxy) is 1. The van der Waals surface area contributed by atoms with Crippen molar-refractivity contribution in [3.63, 3.8) is 0 Å². The molecule has 0 unspecified atom stereocenters. The zero-order valence-electron chi connectivity index (χ0n) is 9.84. The molecule has 0 aromatic rings. The first-order valence-corrected chi connectivity index (χ1v) is 5.61. The summed E-state index contributed by atoms with van der Waals surface area (Å²) in [6, 6.07) is 0. The molecule has 0 aromatic carbocycles. The van der Waals surface area contributed by atoms with Gasteiger partial charge in [0, 0.05) is 17.8 Å². The monoisotopic (exact) mass is 212 g/mol. The van der Waals surface area contributed by atoms with Crippen molar-refractivity contribution < 1.29 is 14.3 Å². The number of methoxy groups -OCH3 is 1. The van der Waals surface area contributed by atoms with Crippen molar-refractivity contribution in [3.05, 3.63) is 0 Å². The van der Waals surface area contributed by atoms with E-state index < -0.39 is 0 Å². The summed E-state index contributed by atoms with van der Waals surface area (Å²) >= 11 is 0. The summed E-state index contributed by atoms with van der Waals surface area (Å²) in [6.45, 7) is 3.96. The van der Waals surface area contributed by atoms with Gasteiger partial charge in [-0.1, -0.05) is 20.3 Å². The van der Waals surface area contributed by atoms with Crippen molar-refractivity contribution in [1.82, 2.24) is 0 Å². The van der Waals surface area contributed by atoms with Gasteiger partial charge in [-0.15, -0.1) is 0 Å². The Kier molecular flexibility index (Phi) is 3.89. The zero-order chi connectivity index (χ0) is 11.5. The minimum atomic E-state index is -0.300. The Morgan fingerprint density at radius 1 is 1.60 bits per heavy atom. The van der Waals surface area contributed by atoms with Crippen LogP contribution in [0, 0.1) is 11.3 Å². The lowest BCUT2D eigenvalue weighted by Gasteiger charge is -2.35. The van der Waals surface area contributed by atoms with E-state index in [-0.39, 0.29) is 17.3 Å². The predicted molar refractivity (Wildman–Crippen MR) is 57.4 cm³/mol. The maximum atomic E-state index is 12.0. The average Bonchev–Trinajstić information content (AvgIpc) is 2.23. The topological polar surface area (TPSA) is 43.4 Å². The van der Waals surface area contributed by atoms with Crippen molar-refractivity contribution in [3.8, 4) is 0 Å². The number of Topliss-reactive ketones (excluding diaryl/α,β-unsaturated/α-hetero) is 1. The van der Waals surface area contributed by atoms with Crippen LogP contribution in [0.25, 0.3) is 0 Å². The third-order valence-electron chi connectivity index (χ3n) is 3.52. The Bertz CT molecular complexity index is 260. The molecule has 0 heterocycles. The Morgan fingerprint density at radius 3 is 2.87 bits per heavy atom. The molecule has 0 saturated heterocycles. The molecule has 1 aliphatic rings. The molecule has 3 heteroatoms. The van der Waals surface area contributed by atoms with Gasteiger partial charge in [-0.25, -0.2) is 0 Å². The molecule has 0 bridgehead atoms. The summed E-state index contributed by atoms with van der Waals surface area (Å²) in [5, 5.41) is 0. The van der Waals surface area contributed by atoms with Crippen LogP contribution in [0.4, 0.5) is 0 Å². The van der Waals surface area contributed by atoms with Crippen LogP contribution < -0.4 is 0 Å². The smallest absolute Gasteiger partial charge is 0.305 e. The van der Waals surface area contributed by atoms with Crippen LogP contribution in [0.3, 0.4) is 0 Å². The van der Waals surface area contributed by atoms with Gasteiger partial charge in [0.05, 0.1) is 7.11 Å². The van der Waals surface area contributed by atoms with Gasteiger partial charge in [0.25, 0.3) is 0 Å². The van der Waals surface area contributed by atoms with Gasteiger partial charge in [0.2, 0.25) is 0 Å². The van der Waals surface area contributed by atoms with Crippen LogP contribution in [-0.4, -0.2) is 18.9 Å². The third-order valence-corrected chi connectivity index (χ3v) is 3.52. The second-order valence-electron chi connectivity index (χ2n) is 4.79. The van der Waals surface area contributed by atoms with E-state index in [0.29, 0.717) is 18.6 Å². The molecular formula is C12H20O3. The summed E-state index contributed by atoms with van der Waals surface area (Å²) in [5.74, 6) is 0.251. The van der Waals surface area contributed by atoms with E-state index in [1.807, 2.05) is 13.8 Å². The van der Waals surface area contributed by atoms with Gasteiger partial charge in [0.1, 0.15) is 5.78 Å². The molecule has 1 aliphatic carbocycles. The number of rotatable bonds is 3. The fourth-order valence-electron chi connectivity index (χ4n) is 2.38. The van der Waals surface area contributed by atoms with Gasteiger partial charge in [-0.3, -0.25) is 9.59 Å². The number of carbonyl (C=O) groups is 2. The first-order valence-electron chi connectivity index (χ1n) is 5.61. The third kappa shape index (κ3) is 2.80. The lowest BCUT2D eigenvalue weighted by molar-refractivity contribution is -0.142. The highest BCUT2D eigenvalue weighted by Crippen LogP contribution is 2.39. The van der Waals surface area contributed by atoms with Crippen molar-refractivity contribution in [2.24, 2.45) is 11.3 Å². The number of esters is 1. The average molecular weight is 212 g/mol. The fourth-order valence-corrected chi connectivity index (χ4v) is 2.38. The molecule has 1 saturated carbocycles. The van der Waals surface area contributed by atoms with Crippen LogP contribution in [-0.2, 0) is 14.3 Å². The van der Waals surface area contributed by atoms with E-state index in [1.165, 1.54) is 7.11 Å². The second kappa shape index (κ2) is 4.77. The molecule has 86 valence electrons. The number of hydrogen-bond acceptors (Lipinski definition) is 3. The quantitative estimate of drug-likeness (QED) is 0.674. The molecule has 1 fully saturated rings. The number of hydrogen-bond donors (Lipinski definition) is 0. The number of ketones is 1. The Balaban J connectivity index is 2.56. The fraction of sp³-hybridized carbons (Fsp3) is 0.833. The van der Waals surface area contributed by atoms with Crippen molar-refractivity contribution in [1.29, 1.82) is 0 Å². The van der Waals surface area contributed by atoms with E-state index in [0.717, 1.165) is 19.3 Å². The number of carbonyl (C=O) groups excluding carboxylic acids is 2. The van der Waals surface area contributed by atoms with Crippen LogP contribution >= 0.6 is 0 Å². The highest BCUT2D eigenvalue weighted by atomic mass is 16.5. The Morgan fingerprint density at radius 2 is 2.27 bits per heavy atom. The molecule has 3 nitrogen and oxygen atoms in total. The summed E-state index contributed by atoms with van der Waals surface area (Å²) in [4.78, 5) is 23.0. The highest BCUT2D eigenvalue weighted by Gasteiger charge is 2.38. The standard InChI is InChI=1S/C12H20O3/c1-9-5-4-7-12(2,11(9)14)8-6-10(13)15-3/h9H,4-8H2,1-3H3/t9-,12+/m1/s1. The largest absolute Gasteiger partial charge is 0.469 e. The Hall–Kier alpha value is -0.860. The lowest BCUT2D eigenvalue weighted by Crippen LogP contribution is -2.36. The van der Waals surface area contributed by atoms with Crippen LogP contribution in [0.5, 0.6) is 0 Å². The minimum Gasteiger partial charge on any atom is -0.469 e. The first kappa shape index (κ1) is 12.2. The van der Waals surface area contributed by atoms with E-state index >= 15 is 0 Å². The van der Waals surface area contributed by atoms with Crippen molar-refractivity contribution >= 4 is 11.8 Å².